The van der Waals surface area contributed by atoms with E-state index in [0.717, 1.165) is 11.4 Å². The summed E-state index contributed by atoms with van der Waals surface area (Å²) in [6, 6.07) is 14.0. The summed E-state index contributed by atoms with van der Waals surface area (Å²) >= 11 is 0. The van der Waals surface area contributed by atoms with E-state index in [1.54, 1.807) is 0 Å². The van der Waals surface area contributed by atoms with Gasteiger partial charge in [0.25, 0.3) is 0 Å². The molecule has 2 rings (SSSR count). The molecule has 1 aromatic heterocycles. The lowest BCUT2D eigenvalue weighted by atomic mass is 10.2. The van der Waals surface area contributed by atoms with Crippen molar-refractivity contribution >= 4 is 11.5 Å². The lowest BCUT2D eigenvalue weighted by Crippen LogP contribution is -2.11. The highest BCUT2D eigenvalue weighted by Gasteiger charge is 2.18. The van der Waals surface area contributed by atoms with Gasteiger partial charge in [0.05, 0.1) is 26.2 Å². The van der Waals surface area contributed by atoms with Crippen molar-refractivity contribution in [3.05, 3.63) is 65.7 Å². The molecular formula is C17H19NO3. The van der Waals surface area contributed by atoms with E-state index < -0.39 is 5.97 Å². The predicted molar refractivity (Wildman–Crippen MR) is 81.7 cm³/mol. The number of carbonyl (C=O) groups is 1. The Hall–Kier alpha value is -2.49. The highest BCUT2D eigenvalue weighted by Crippen LogP contribution is 2.21. The van der Waals surface area contributed by atoms with Gasteiger partial charge >= 0.3 is 5.97 Å². The molecule has 4 heteroatoms. The highest BCUT2D eigenvalue weighted by molar-refractivity contribution is 6.15. The van der Waals surface area contributed by atoms with E-state index in [1.807, 2.05) is 37.3 Å². The second-order valence-electron chi connectivity index (χ2n) is 4.69. The zero-order valence-electron chi connectivity index (χ0n) is 12.5. The molecule has 110 valence electrons. The Morgan fingerprint density at radius 3 is 2.48 bits per heavy atom. The summed E-state index contributed by atoms with van der Waals surface area (Å²) in [6.07, 6.45) is 1.42. The highest BCUT2D eigenvalue weighted by atomic mass is 16.5. The Morgan fingerprint density at radius 1 is 1.14 bits per heavy atom. The van der Waals surface area contributed by atoms with Gasteiger partial charge in [0.2, 0.25) is 0 Å². The smallest absolute Gasteiger partial charge is 0.343 e. The SMILES string of the molecule is CO/C=C(\C(=O)OC)c1ccc(C)n1Cc1ccccc1. The van der Waals surface area contributed by atoms with E-state index in [0.29, 0.717) is 12.1 Å². The van der Waals surface area contributed by atoms with E-state index in [4.69, 9.17) is 9.47 Å². The maximum atomic E-state index is 11.9. The van der Waals surface area contributed by atoms with Crippen LogP contribution < -0.4 is 0 Å². The van der Waals surface area contributed by atoms with Crippen molar-refractivity contribution in [1.82, 2.24) is 4.57 Å². The van der Waals surface area contributed by atoms with Crippen LogP contribution in [0.1, 0.15) is 17.0 Å². The minimum Gasteiger partial charge on any atom is -0.503 e. The molecule has 1 aromatic carbocycles. The molecule has 0 saturated carbocycles. The molecule has 0 bridgehead atoms. The maximum absolute atomic E-state index is 11.9. The molecule has 0 radical (unpaired) electrons. The number of benzene rings is 1. The van der Waals surface area contributed by atoms with Crippen LogP contribution in [0.25, 0.3) is 5.57 Å². The molecule has 0 atom stereocenters. The van der Waals surface area contributed by atoms with Crippen molar-refractivity contribution in [3.63, 3.8) is 0 Å². The topological polar surface area (TPSA) is 40.5 Å². The number of hydrogen-bond donors (Lipinski definition) is 0. The number of methoxy groups -OCH3 is 2. The number of aromatic nitrogens is 1. The fraction of sp³-hybridized carbons (Fsp3) is 0.235. The first-order chi connectivity index (χ1) is 10.2. The zero-order chi connectivity index (χ0) is 15.2. The van der Waals surface area contributed by atoms with Crippen LogP contribution in [0, 0.1) is 6.92 Å². The van der Waals surface area contributed by atoms with E-state index in [1.165, 1.54) is 26.0 Å². The van der Waals surface area contributed by atoms with Crippen LogP contribution >= 0.6 is 0 Å². The summed E-state index contributed by atoms with van der Waals surface area (Å²) < 4.78 is 11.9. The molecular weight excluding hydrogens is 266 g/mol. The summed E-state index contributed by atoms with van der Waals surface area (Å²) in [5.74, 6) is -0.413. The largest absolute Gasteiger partial charge is 0.503 e. The second kappa shape index (κ2) is 6.79. The third-order valence-electron chi connectivity index (χ3n) is 3.30. The monoisotopic (exact) mass is 285 g/mol. The summed E-state index contributed by atoms with van der Waals surface area (Å²) in [5, 5.41) is 0. The molecule has 0 aliphatic rings. The first-order valence-corrected chi connectivity index (χ1v) is 6.69. The van der Waals surface area contributed by atoms with Gasteiger partial charge in [0.15, 0.2) is 0 Å². The third-order valence-corrected chi connectivity index (χ3v) is 3.30. The molecule has 0 amide bonds. The lowest BCUT2D eigenvalue weighted by molar-refractivity contribution is -0.133. The molecule has 0 N–H and O–H groups in total. The first kappa shape index (κ1) is 14.9. The number of rotatable bonds is 5. The average Bonchev–Trinajstić information content (AvgIpc) is 2.86. The van der Waals surface area contributed by atoms with Crippen molar-refractivity contribution in [2.24, 2.45) is 0 Å². The molecule has 0 saturated heterocycles. The predicted octanol–water partition coefficient (Wildman–Crippen LogP) is 3.01. The summed E-state index contributed by atoms with van der Waals surface area (Å²) in [5.41, 5.74) is 3.42. The maximum Gasteiger partial charge on any atom is 0.343 e. The summed E-state index contributed by atoms with van der Waals surface area (Å²) in [7, 11) is 2.88. The number of aryl methyl sites for hydroxylation is 1. The molecule has 0 aliphatic heterocycles. The lowest BCUT2D eigenvalue weighted by Gasteiger charge is -2.13. The quantitative estimate of drug-likeness (QED) is 0.482. The van der Waals surface area contributed by atoms with Gasteiger partial charge in [-0.25, -0.2) is 4.79 Å². The Labute approximate surface area is 124 Å². The molecule has 4 nitrogen and oxygen atoms in total. The number of esters is 1. The number of nitrogens with zero attached hydrogens (tertiary/aromatic N) is 1. The van der Waals surface area contributed by atoms with Crippen LogP contribution in [0.2, 0.25) is 0 Å². The molecule has 0 unspecified atom stereocenters. The Morgan fingerprint density at radius 2 is 1.86 bits per heavy atom. The van der Waals surface area contributed by atoms with Gasteiger partial charge in [-0.05, 0) is 24.6 Å². The van der Waals surface area contributed by atoms with Gasteiger partial charge in [-0.15, -0.1) is 0 Å². The Balaban J connectivity index is 2.41. The van der Waals surface area contributed by atoms with E-state index in [9.17, 15) is 4.79 Å². The number of carbonyl (C=O) groups excluding carboxylic acids is 1. The zero-order valence-corrected chi connectivity index (χ0v) is 12.5. The molecule has 0 spiro atoms. The first-order valence-electron chi connectivity index (χ1n) is 6.69. The van der Waals surface area contributed by atoms with Crippen LogP contribution in [0.4, 0.5) is 0 Å². The van der Waals surface area contributed by atoms with Gasteiger partial charge in [-0.2, -0.15) is 0 Å². The van der Waals surface area contributed by atoms with Gasteiger partial charge in [-0.3, -0.25) is 0 Å². The molecule has 0 fully saturated rings. The van der Waals surface area contributed by atoms with Crippen molar-refractivity contribution < 1.29 is 14.3 Å². The minimum atomic E-state index is -0.413. The minimum absolute atomic E-state index is 0.407. The number of ether oxygens (including phenoxy) is 2. The summed E-state index contributed by atoms with van der Waals surface area (Å²) in [4.78, 5) is 11.9. The fourth-order valence-electron chi connectivity index (χ4n) is 2.22. The third kappa shape index (κ3) is 3.34. The van der Waals surface area contributed by atoms with Gasteiger partial charge in [0, 0.05) is 12.2 Å². The van der Waals surface area contributed by atoms with Gasteiger partial charge < -0.3 is 14.0 Å². The van der Waals surface area contributed by atoms with E-state index in [2.05, 4.69) is 16.7 Å². The van der Waals surface area contributed by atoms with Crippen LogP contribution in [-0.2, 0) is 20.8 Å². The second-order valence-corrected chi connectivity index (χ2v) is 4.69. The van der Waals surface area contributed by atoms with Crippen LogP contribution in [-0.4, -0.2) is 24.8 Å². The summed E-state index contributed by atoms with van der Waals surface area (Å²) in [6.45, 7) is 2.70. The number of hydrogen-bond acceptors (Lipinski definition) is 3. The van der Waals surface area contributed by atoms with Crippen LogP contribution in [0.15, 0.2) is 48.7 Å². The average molecular weight is 285 g/mol. The molecule has 0 aliphatic carbocycles. The standard InChI is InChI=1S/C17H19NO3/c1-13-9-10-16(15(12-20-2)17(19)21-3)18(13)11-14-7-5-4-6-8-14/h4-10,12H,11H2,1-3H3/b15-12-. The van der Waals surface area contributed by atoms with Crippen LogP contribution in [0.5, 0.6) is 0 Å². The van der Waals surface area contributed by atoms with Gasteiger partial charge in [0.1, 0.15) is 5.57 Å². The van der Waals surface area contributed by atoms with Crippen molar-refractivity contribution in [1.29, 1.82) is 0 Å². The Kier molecular flexibility index (Phi) is 4.82. The van der Waals surface area contributed by atoms with Crippen molar-refractivity contribution in [2.45, 2.75) is 13.5 Å². The van der Waals surface area contributed by atoms with Crippen molar-refractivity contribution in [3.8, 4) is 0 Å². The van der Waals surface area contributed by atoms with E-state index >= 15 is 0 Å². The van der Waals surface area contributed by atoms with Crippen LogP contribution in [0.3, 0.4) is 0 Å². The van der Waals surface area contributed by atoms with Crippen molar-refractivity contribution in [2.75, 3.05) is 14.2 Å². The molecule has 1 heterocycles. The van der Waals surface area contributed by atoms with E-state index in [-0.39, 0.29) is 0 Å². The Bertz CT molecular complexity index is 641. The fourth-order valence-corrected chi connectivity index (χ4v) is 2.22. The normalized spacial score (nSPS) is 11.3. The molecule has 21 heavy (non-hydrogen) atoms. The molecule has 2 aromatic rings. The van der Waals surface area contributed by atoms with Gasteiger partial charge in [-0.1, -0.05) is 30.3 Å².